The van der Waals surface area contributed by atoms with Crippen LogP contribution in [0.25, 0.3) is 0 Å². The molecule has 1 unspecified atom stereocenters. The summed E-state index contributed by atoms with van der Waals surface area (Å²) in [7, 11) is 2.03. The molecule has 4 heteroatoms. The van der Waals surface area contributed by atoms with Crippen molar-refractivity contribution in [1.29, 1.82) is 0 Å². The van der Waals surface area contributed by atoms with Crippen molar-refractivity contribution in [2.75, 3.05) is 20.1 Å². The lowest BCUT2D eigenvalue weighted by molar-refractivity contribution is -0.127. The molecule has 2 N–H and O–H groups in total. The summed E-state index contributed by atoms with van der Waals surface area (Å²) in [6.07, 6.45) is 2.01. The molecule has 1 fully saturated rings. The molecule has 1 aliphatic heterocycles. The maximum absolute atomic E-state index is 12.0. The van der Waals surface area contributed by atoms with Gasteiger partial charge in [-0.25, -0.2) is 0 Å². The van der Waals surface area contributed by atoms with E-state index in [1.165, 1.54) is 0 Å². The third-order valence-electron chi connectivity index (χ3n) is 3.66. The van der Waals surface area contributed by atoms with Crippen LogP contribution in [0.15, 0.2) is 0 Å². The minimum Gasteiger partial charge on any atom is -0.352 e. The largest absolute Gasteiger partial charge is 0.352 e. The molecule has 0 saturated carbocycles. The molecule has 1 atom stereocenters. The highest BCUT2D eigenvalue weighted by atomic mass is 16.2. The molecule has 0 aromatic rings. The topological polar surface area (TPSA) is 44.4 Å². The van der Waals surface area contributed by atoms with Crippen molar-refractivity contribution in [2.45, 2.75) is 51.7 Å². The number of carbonyl (C=O) groups is 1. The molecule has 16 heavy (non-hydrogen) atoms. The molecular weight excluding hydrogens is 202 g/mol. The van der Waals surface area contributed by atoms with E-state index in [-0.39, 0.29) is 11.9 Å². The molecule has 4 nitrogen and oxygen atoms in total. The zero-order chi connectivity index (χ0) is 12.1. The Balaban J connectivity index is 2.39. The molecule has 0 aromatic heterocycles. The Morgan fingerprint density at radius 1 is 1.44 bits per heavy atom. The van der Waals surface area contributed by atoms with E-state index >= 15 is 0 Å². The number of likely N-dealkylation sites (N-methyl/N-ethyl adjacent to an activating group) is 1. The molecule has 0 aliphatic carbocycles. The van der Waals surface area contributed by atoms with Crippen LogP contribution in [0.4, 0.5) is 0 Å². The van der Waals surface area contributed by atoms with Crippen LogP contribution in [0.2, 0.25) is 0 Å². The summed E-state index contributed by atoms with van der Waals surface area (Å²) in [5.74, 6) is 0.156. The number of nitrogens with one attached hydrogen (secondary N) is 2. The van der Waals surface area contributed by atoms with E-state index in [0.29, 0.717) is 12.1 Å². The third kappa shape index (κ3) is 3.19. The lowest BCUT2D eigenvalue weighted by atomic mass is 10.1. The number of amides is 1. The quantitative estimate of drug-likeness (QED) is 0.698. The van der Waals surface area contributed by atoms with Crippen LogP contribution in [0.1, 0.15) is 33.6 Å². The van der Waals surface area contributed by atoms with Crippen molar-refractivity contribution >= 4 is 5.91 Å². The molecule has 1 heterocycles. The average molecular weight is 227 g/mol. The predicted octanol–water partition coefficient (Wildman–Crippen LogP) is 0.583. The first-order valence-corrected chi connectivity index (χ1v) is 6.33. The summed E-state index contributed by atoms with van der Waals surface area (Å²) in [5.41, 5.74) is 0. The van der Waals surface area contributed by atoms with Crippen molar-refractivity contribution in [3.63, 3.8) is 0 Å². The number of nitrogens with zero attached hydrogens (tertiary/aromatic N) is 1. The van der Waals surface area contributed by atoms with Crippen LogP contribution < -0.4 is 10.6 Å². The van der Waals surface area contributed by atoms with Crippen LogP contribution >= 0.6 is 0 Å². The Bertz CT molecular complexity index is 224. The molecule has 0 spiro atoms. The number of hydrogen-bond donors (Lipinski definition) is 2. The van der Waals surface area contributed by atoms with Gasteiger partial charge >= 0.3 is 0 Å². The van der Waals surface area contributed by atoms with E-state index in [4.69, 9.17) is 0 Å². The van der Waals surface area contributed by atoms with Gasteiger partial charge in [-0.05, 0) is 26.8 Å². The lowest BCUT2D eigenvalue weighted by Crippen LogP contribution is -2.60. The van der Waals surface area contributed by atoms with Gasteiger partial charge in [0.15, 0.2) is 0 Å². The fourth-order valence-electron chi connectivity index (χ4n) is 1.88. The molecule has 0 bridgehead atoms. The number of hydrogen-bond acceptors (Lipinski definition) is 3. The van der Waals surface area contributed by atoms with E-state index < -0.39 is 0 Å². The Hall–Kier alpha value is -0.610. The first kappa shape index (κ1) is 13.5. The normalized spacial score (nSPS) is 18.6. The van der Waals surface area contributed by atoms with Crippen molar-refractivity contribution in [3.8, 4) is 0 Å². The first-order valence-electron chi connectivity index (χ1n) is 6.33. The zero-order valence-electron chi connectivity index (χ0n) is 10.9. The maximum atomic E-state index is 12.0. The molecule has 1 saturated heterocycles. The SMILES string of the molecule is CCC(CC)NC(=O)C(C)N(C)C1CNC1. The van der Waals surface area contributed by atoms with Gasteiger partial charge in [0.1, 0.15) is 0 Å². The molecule has 0 aromatic carbocycles. The lowest BCUT2D eigenvalue weighted by Gasteiger charge is -2.38. The second kappa shape index (κ2) is 6.21. The fourth-order valence-corrected chi connectivity index (χ4v) is 1.88. The second-order valence-electron chi connectivity index (χ2n) is 4.68. The molecule has 0 radical (unpaired) electrons. The van der Waals surface area contributed by atoms with Crippen LogP contribution in [0, 0.1) is 0 Å². The van der Waals surface area contributed by atoms with E-state index in [0.717, 1.165) is 25.9 Å². The van der Waals surface area contributed by atoms with E-state index in [2.05, 4.69) is 29.4 Å². The van der Waals surface area contributed by atoms with Crippen molar-refractivity contribution in [3.05, 3.63) is 0 Å². The summed E-state index contributed by atoms with van der Waals surface area (Å²) < 4.78 is 0. The van der Waals surface area contributed by atoms with Gasteiger partial charge in [0.2, 0.25) is 5.91 Å². The minimum atomic E-state index is -0.0345. The van der Waals surface area contributed by atoms with Crippen LogP contribution in [0.3, 0.4) is 0 Å². The van der Waals surface area contributed by atoms with Crippen LogP contribution in [-0.4, -0.2) is 49.1 Å². The van der Waals surface area contributed by atoms with E-state index in [1.807, 2.05) is 14.0 Å². The zero-order valence-corrected chi connectivity index (χ0v) is 10.9. The van der Waals surface area contributed by atoms with Crippen molar-refractivity contribution in [2.24, 2.45) is 0 Å². The van der Waals surface area contributed by atoms with Gasteiger partial charge in [0.05, 0.1) is 6.04 Å². The smallest absolute Gasteiger partial charge is 0.237 e. The third-order valence-corrected chi connectivity index (χ3v) is 3.66. The number of rotatable bonds is 6. The van der Waals surface area contributed by atoms with Crippen LogP contribution in [0.5, 0.6) is 0 Å². The van der Waals surface area contributed by atoms with Crippen molar-refractivity contribution in [1.82, 2.24) is 15.5 Å². The van der Waals surface area contributed by atoms with Crippen molar-refractivity contribution < 1.29 is 4.79 Å². The summed E-state index contributed by atoms with van der Waals surface area (Å²) in [6.45, 7) is 8.20. The summed E-state index contributed by atoms with van der Waals surface area (Å²) in [5, 5.41) is 6.32. The van der Waals surface area contributed by atoms with E-state index in [9.17, 15) is 4.79 Å². The highest BCUT2D eigenvalue weighted by molar-refractivity contribution is 5.81. The van der Waals surface area contributed by atoms with Gasteiger partial charge in [-0.3, -0.25) is 9.69 Å². The maximum Gasteiger partial charge on any atom is 0.237 e. The van der Waals surface area contributed by atoms with E-state index in [1.54, 1.807) is 0 Å². The van der Waals surface area contributed by atoms with Gasteiger partial charge in [0.25, 0.3) is 0 Å². The Morgan fingerprint density at radius 2 is 2.00 bits per heavy atom. The second-order valence-corrected chi connectivity index (χ2v) is 4.68. The summed E-state index contributed by atoms with van der Waals surface area (Å²) in [4.78, 5) is 14.1. The monoisotopic (exact) mass is 227 g/mol. The van der Waals surface area contributed by atoms with Gasteiger partial charge in [-0.2, -0.15) is 0 Å². The predicted molar refractivity (Wildman–Crippen MR) is 66.4 cm³/mol. The van der Waals surface area contributed by atoms with Gasteiger partial charge in [0, 0.05) is 25.2 Å². The van der Waals surface area contributed by atoms with Gasteiger partial charge < -0.3 is 10.6 Å². The minimum absolute atomic E-state index is 0.0345. The highest BCUT2D eigenvalue weighted by Gasteiger charge is 2.29. The standard InChI is InChI=1S/C12H25N3O/c1-5-10(6-2)14-12(16)9(3)15(4)11-7-13-8-11/h9-11,13H,5-8H2,1-4H3,(H,14,16). The van der Waals surface area contributed by atoms with Crippen LogP contribution in [-0.2, 0) is 4.79 Å². The summed E-state index contributed by atoms with van der Waals surface area (Å²) >= 11 is 0. The first-order chi connectivity index (χ1) is 7.60. The molecule has 1 rings (SSSR count). The Morgan fingerprint density at radius 3 is 2.38 bits per heavy atom. The summed E-state index contributed by atoms with van der Waals surface area (Å²) in [6, 6.07) is 0.804. The molecule has 1 amide bonds. The molecular formula is C12H25N3O. The Labute approximate surface area is 98.8 Å². The molecule has 1 aliphatic rings. The highest BCUT2D eigenvalue weighted by Crippen LogP contribution is 2.08. The number of carbonyl (C=O) groups excluding carboxylic acids is 1. The van der Waals surface area contributed by atoms with Gasteiger partial charge in [-0.1, -0.05) is 13.8 Å². The fraction of sp³-hybridized carbons (Fsp3) is 0.917. The molecule has 94 valence electrons. The van der Waals surface area contributed by atoms with Gasteiger partial charge in [-0.15, -0.1) is 0 Å². The Kier molecular flexibility index (Phi) is 5.22. The average Bonchev–Trinajstić information content (AvgIpc) is 2.21.